The lowest BCUT2D eigenvalue weighted by atomic mass is 10.3. The van der Waals surface area contributed by atoms with Crippen molar-refractivity contribution in [1.29, 1.82) is 0 Å². The monoisotopic (exact) mass is 218 g/mol. The highest BCUT2D eigenvalue weighted by atomic mass is 32.1. The van der Waals surface area contributed by atoms with E-state index < -0.39 is 11.1 Å². The van der Waals surface area contributed by atoms with Gasteiger partial charge in [-0.2, -0.15) is 13.2 Å². The third-order valence-electron chi connectivity index (χ3n) is 1.65. The molecule has 0 aliphatic carbocycles. The Kier molecular flexibility index (Phi) is 2.07. The fraction of sp³-hybridized carbons (Fsp3) is 0.125. The van der Waals surface area contributed by atoms with Gasteiger partial charge < -0.3 is 4.98 Å². The first kappa shape index (κ1) is 9.26. The fourth-order valence-electron chi connectivity index (χ4n) is 1.03. The van der Waals surface area contributed by atoms with Crippen LogP contribution in [0.15, 0.2) is 23.8 Å². The van der Waals surface area contributed by atoms with Crippen molar-refractivity contribution < 1.29 is 13.2 Å². The molecule has 0 amide bonds. The van der Waals surface area contributed by atoms with Crippen LogP contribution in [-0.2, 0) is 6.18 Å². The fourth-order valence-corrected chi connectivity index (χ4v) is 1.79. The summed E-state index contributed by atoms with van der Waals surface area (Å²) in [6, 6.07) is 1.09. The standard InChI is InChI=1S/C8H5F3N2S/c9-8(10,11)6-3-5(4-14-6)7-12-1-2-13-7/h1-4H,(H,12,13). The van der Waals surface area contributed by atoms with Crippen LogP contribution in [0, 0.1) is 0 Å². The number of hydrogen-bond donors (Lipinski definition) is 1. The molecule has 0 atom stereocenters. The molecule has 6 heteroatoms. The van der Waals surface area contributed by atoms with Gasteiger partial charge in [-0.25, -0.2) is 4.98 Å². The first-order valence-corrected chi connectivity index (χ1v) is 4.61. The van der Waals surface area contributed by atoms with E-state index in [2.05, 4.69) is 9.97 Å². The van der Waals surface area contributed by atoms with E-state index in [1.165, 1.54) is 11.6 Å². The minimum atomic E-state index is -4.27. The van der Waals surface area contributed by atoms with Crippen LogP contribution in [0.1, 0.15) is 4.88 Å². The van der Waals surface area contributed by atoms with Crippen LogP contribution in [0.3, 0.4) is 0 Å². The van der Waals surface area contributed by atoms with Gasteiger partial charge in [0.25, 0.3) is 0 Å². The van der Waals surface area contributed by atoms with Crippen LogP contribution in [0.5, 0.6) is 0 Å². The molecule has 0 unspecified atom stereocenters. The zero-order valence-electron chi connectivity index (χ0n) is 6.80. The van der Waals surface area contributed by atoms with Crippen molar-refractivity contribution in [2.24, 2.45) is 0 Å². The van der Waals surface area contributed by atoms with Crippen LogP contribution < -0.4 is 0 Å². The van der Waals surface area contributed by atoms with E-state index in [1.807, 2.05) is 0 Å². The van der Waals surface area contributed by atoms with E-state index >= 15 is 0 Å². The molecule has 0 radical (unpaired) electrons. The highest BCUT2D eigenvalue weighted by Gasteiger charge is 2.32. The first-order chi connectivity index (χ1) is 6.57. The maximum absolute atomic E-state index is 12.2. The maximum Gasteiger partial charge on any atom is 0.425 e. The highest BCUT2D eigenvalue weighted by molar-refractivity contribution is 7.10. The van der Waals surface area contributed by atoms with Crippen molar-refractivity contribution in [1.82, 2.24) is 9.97 Å². The van der Waals surface area contributed by atoms with Crippen LogP contribution in [0.4, 0.5) is 13.2 Å². The van der Waals surface area contributed by atoms with Crippen molar-refractivity contribution >= 4 is 11.3 Å². The average Bonchev–Trinajstić information content (AvgIpc) is 2.73. The summed E-state index contributed by atoms with van der Waals surface area (Å²) >= 11 is 0.670. The number of nitrogens with one attached hydrogen (secondary N) is 1. The summed E-state index contributed by atoms with van der Waals surface area (Å²) in [5.41, 5.74) is 0.465. The summed E-state index contributed by atoms with van der Waals surface area (Å²) in [6.07, 6.45) is -1.20. The highest BCUT2D eigenvalue weighted by Crippen LogP contribution is 2.36. The van der Waals surface area contributed by atoms with E-state index in [0.717, 1.165) is 6.07 Å². The van der Waals surface area contributed by atoms with Gasteiger partial charge in [0.2, 0.25) is 0 Å². The van der Waals surface area contributed by atoms with Gasteiger partial charge in [-0.15, -0.1) is 11.3 Å². The van der Waals surface area contributed by atoms with Crippen molar-refractivity contribution in [2.75, 3.05) is 0 Å². The molecule has 0 aromatic carbocycles. The zero-order chi connectivity index (χ0) is 10.2. The predicted octanol–water partition coefficient (Wildman–Crippen LogP) is 3.16. The Morgan fingerprint density at radius 3 is 2.64 bits per heavy atom. The second-order valence-electron chi connectivity index (χ2n) is 2.64. The number of thiophene rings is 1. The second-order valence-corrected chi connectivity index (χ2v) is 3.55. The van der Waals surface area contributed by atoms with Gasteiger partial charge in [-0.3, -0.25) is 0 Å². The Bertz CT molecular complexity index is 416. The Hall–Kier alpha value is -1.30. The van der Waals surface area contributed by atoms with Gasteiger partial charge in [0.05, 0.1) is 0 Å². The molecular formula is C8H5F3N2S. The SMILES string of the molecule is FC(F)(F)c1cc(-c2ncc[nH]2)cs1. The number of imidazole rings is 1. The zero-order valence-corrected chi connectivity index (χ0v) is 7.62. The van der Waals surface area contributed by atoms with Crippen molar-refractivity contribution in [3.05, 3.63) is 28.7 Å². The minimum absolute atomic E-state index is 0.455. The molecule has 2 heterocycles. The number of hydrogen-bond acceptors (Lipinski definition) is 2. The van der Waals surface area contributed by atoms with Gasteiger partial charge in [-0.1, -0.05) is 0 Å². The summed E-state index contributed by atoms with van der Waals surface area (Å²) in [6.45, 7) is 0. The van der Waals surface area contributed by atoms with Gasteiger partial charge in [0, 0.05) is 23.3 Å². The first-order valence-electron chi connectivity index (χ1n) is 3.73. The van der Waals surface area contributed by atoms with Crippen molar-refractivity contribution in [3.63, 3.8) is 0 Å². The summed E-state index contributed by atoms with van der Waals surface area (Å²) in [4.78, 5) is 6.00. The average molecular weight is 218 g/mol. The Labute approximate surface area is 81.4 Å². The van der Waals surface area contributed by atoms with E-state index in [9.17, 15) is 13.2 Å². The predicted molar refractivity (Wildman–Crippen MR) is 46.9 cm³/mol. The van der Waals surface area contributed by atoms with Gasteiger partial charge in [0.15, 0.2) is 0 Å². The van der Waals surface area contributed by atoms with Gasteiger partial charge in [-0.05, 0) is 6.07 Å². The van der Waals surface area contributed by atoms with E-state index in [0.29, 0.717) is 22.7 Å². The van der Waals surface area contributed by atoms with Crippen molar-refractivity contribution in [3.8, 4) is 11.4 Å². The Morgan fingerprint density at radius 2 is 2.14 bits per heavy atom. The molecular weight excluding hydrogens is 213 g/mol. The molecule has 0 fully saturated rings. The Morgan fingerprint density at radius 1 is 1.36 bits per heavy atom. The van der Waals surface area contributed by atoms with E-state index in [1.54, 1.807) is 6.20 Å². The lowest BCUT2D eigenvalue weighted by molar-refractivity contribution is -0.134. The van der Waals surface area contributed by atoms with Crippen LogP contribution >= 0.6 is 11.3 Å². The summed E-state index contributed by atoms with van der Waals surface area (Å²) < 4.78 is 36.7. The molecule has 0 spiro atoms. The van der Waals surface area contributed by atoms with Crippen LogP contribution in [-0.4, -0.2) is 9.97 Å². The molecule has 14 heavy (non-hydrogen) atoms. The number of nitrogens with zero attached hydrogens (tertiary/aromatic N) is 1. The maximum atomic E-state index is 12.2. The summed E-state index contributed by atoms with van der Waals surface area (Å²) in [7, 11) is 0. The Balaban J connectivity index is 2.36. The smallest absolute Gasteiger partial charge is 0.345 e. The molecule has 1 N–H and O–H groups in total. The lowest BCUT2D eigenvalue weighted by Gasteiger charge is -2.00. The number of alkyl halides is 3. The second kappa shape index (κ2) is 3.13. The number of aromatic amines is 1. The number of aromatic nitrogens is 2. The van der Waals surface area contributed by atoms with Gasteiger partial charge in [0.1, 0.15) is 10.7 Å². The van der Waals surface area contributed by atoms with Gasteiger partial charge >= 0.3 is 6.18 Å². The number of H-pyrrole nitrogens is 1. The van der Waals surface area contributed by atoms with E-state index in [4.69, 9.17) is 0 Å². The minimum Gasteiger partial charge on any atom is -0.345 e. The molecule has 0 saturated heterocycles. The third kappa shape index (κ3) is 1.65. The number of rotatable bonds is 1. The molecule has 74 valence electrons. The summed E-state index contributed by atoms with van der Waals surface area (Å²) in [5.74, 6) is 0.455. The van der Waals surface area contributed by atoms with Crippen molar-refractivity contribution in [2.45, 2.75) is 6.18 Å². The van der Waals surface area contributed by atoms with E-state index in [-0.39, 0.29) is 0 Å². The molecule has 0 saturated carbocycles. The molecule has 0 bridgehead atoms. The molecule has 2 aromatic rings. The summed E-state index contributed by atoms with van der Waals surface area (Å²) in [5, 5.41) is 1.43. The molecule has 2 rings (SSSR count). The topological polar surface area (TPSA) is 28.7 Å². The van der Waals surface area contributed by atoms with Crippen LogP contribution in [0.25, 0.3) is 11.4 Å². The normalized spacial score (nSPS) is 11.9. The third-order valence-corrected chi connectivity index (χ3v) is 2.63. The molecule has 2 nitrogen and oxygen atoms in total. The lowest BCUT2D eigenvalue weighted by Crippen LogP contribution is -2.00. The molecule has 0 aliphatic heterocycles. The number of halogens is 3. The largest absolute Gasteiger partial charge is 0.425 e. The quantitative estimate of drug-likeness (QED) is 0.782. The van der Waals surface area contributed by atoms with Crippen LogP contribution in [0.2, 0.25) is 0 Å². The molecule has 0 aliphatic rings. The molecule has 2 aromatic heterocycles.